The fourth-order valence-corrected chi connectivity index (χ4v) is 3.48. The van der Waals surface area contributed by atoms with Gasteiger partial charge in [-0.3, -0.25) is 0 Å². The van der Waals surface area contributed by atoms with Crippen molar-refractivity contribution in [2.45, 2.75) is 0 Å². The second-order valence-electron chi connectivity index (χ2n) is 6.62. The van der Waals surface area contributed by atoms with Crippen LogP contribution in [0.1, 0.15) is 0 Å². The summed E-state index contributed by atoms with van der Waals surface area (Å²) in [5.74, 6) is 1.25. The Kier molecular flexibility index (Phi) is 3.86. The minimum absolute atomic E-state index is 0.257. The third-order valence-electron chi connectivity index (χ3n) is 4.90. The summed E-state index contributed by atoms with van der Waals surface area (Å²) in [4.78, 5) is 4.74. The predicted molar refractivity (Wildman–Crippen MR) is 108 cm³/mol. The summed E-state index contributed by atoms with van der Waals surface area (Å²) < 4.78 is 24.5. The molecule has 0 unspecified atom stereocenters. The topological polar surface area (TPSA) is 43.4 Å². The van der Waals surface area contributed by atoms with Crippen molar-refractivity contribution in [2.24, 2.45) is 0 Å². The van der Waals surface area contributed by atoms with Gasteiger partial charge in [0, 0.05) is 23.7 Å². The van der Waals surface area contributed by atoms with E-state index in [0.29, 0.717) is 0 Å². The maximum absolute atomic E-state index is 13.6. The molecule has 1 aliphatic rings. The predicted octanol–water partition coefficient (Wildman–Crippen LogP) is 5.48. The van der Waals surface area contributed by atoms with Crippen molar-refractivity contribution in [3.8, 4) is 33.9 Å². The molecule has 3 aromatic carbocycles. The number of nitrogens with zero attached hydrogens (tertiary/aromatic N) is 1. The van der Waals surface area contributed by atoms with E-state index in [-0.39, 0.29) is 12.6 Å². The summed E-state index contributed by atoms with van der Waals surface area (Å²) in [6, 6.07) is 20.5. The number of hydrogen-bond donors (Lipinski definition) is 1. The van der Waals surface area contributed by atoms with Gasteiger partial charge in [0.15, 0.2) is 11.5 Å². The molecule has 0 bridgehead atoms. The Labute approximate surface area is 161 Å². The molecular weight excluding hydrogens is 355 g/mol. The van der Waals surface area contributed by atoms with Gasteiger partial charge in [0.2, 0.25) is 6.79 Å². The quantitative estimate of drug-likeness (QED) is 0.517. The molecule has 0 amide bonds. The molecule has 2 heterocycles. The zero-order valence-corrected chi connectivity index (χ0v) is 15.2. The van der Waals surface area contributed by atoms with Crippen molar-refractivity contribution in [1.82, 2.24) is 4.98 Å². The number of pyridine rings is 1. The maximum Gasteiger partial charge on any atom is 0.231 e. The van der Waals surface area contributed by atoms with Gasteiger partial charge in [-0.05, 0) is 53.6 Å². The second kappa shape index (κ2) is 6.53. The highest BCUT2D eigenvalue weighted by molar-refractivity contribution is 5.96. The molecule has 0 radical (unpaired) electrons. The molecular formula is C23H17FN2O2. The molecule has 138 valence electrons. The zero-order chi connectivity index (χ0) is 19.1. The molecule has 1 aliphatic heterocycles. The highest BCUT2D eigenvalue weighted by Gasteiger charge is 2.15. The Morgan fingerprint density at radius 1 is 0.857 bits per heavy atom. The summed E-state index contributed by atoms with van der Waals surface area (Å²) >= 11 is 0. The van der Waals surface area contributed by atoms with E-state index in [9.17, 15) is 4.39 Å². The Morgan fingerprint density at radius 2 is 1.68 bits per heavy atom. The van der Waals surface area contributed by atoms with E-state index in [1.54, 1.807) is 6.07 Å². The first-order valence-corrected chi connectivity index (χ1v) is 9.00. The van der Waals surface area contributed by atoms with Gasteiger partial charge in [0.1, 0.15) is 5.82 Å². The molecule has 0 spiro atoms. The minimum Gasteiger partial charge on any atom is -0.454 e. The largest absolute Gasteiger partial charge is 0.454 e. The number of halogens is 1. The Balaban J connectivity index is 1.63. The number of benzene rings is 3. The first-order chi connectivity index (χ1) is 13.7. The Morgan fingerprint density at radius 3 is 2.54 bits per heavy atom. The Hall–Kier alpha value is -3.60. The molecule has 5 rings (SSSR count). The van der Waals surface area contributed by atoms with Crippen LogP contribution in [-0.4, -0.2) is 18.8 Å². The van der Waals surface area contributed by atoms with Crippen LogP contribution in [0.3, 0.4) is 0 Å². The van der Waals surface area contributed by atoms with Gasteiger partial charge in [0.05, 0.1) is 11.2 Å². The van der Waals surface area contributed by atoms with E-state index in [2.05, 4.69) is 11.4 Å². The van der Waals surface area contributed by atoms with E-state index >= 15 is 0 Å². The lowest BCUT2D eigenvalue weighted by atomic mass is 10.0. The average Bonchev–Trinajstić information content (AvgIpc) is 3.20. The van der Waals surface area contributed by atoms with Crippen molar-refractivity contribution >= 4 is 16.6 Å². The fraction of sp³-hybridized carbons (Fsp3) is 0.0870. The van der Waals surface area contributed by atoms with Gasteiger partial charge in [0.25, 0.3) is 0 Å². The molecule has 4 nitrogen and oxygen atoms in total. The van der Waals surface area contributed by atoms with E-state index in [4.69, 9.17) is 14.5 Å². The molecule has 4 aromatic rings. The van der Waals surface area contributed by atoms with Gasteiger partial charge in [-0.15, -0.1) is 0 Å². The summed E-state index contributed by atoms with van der Waals surface area (Å²) in [5, 5.41) is 4.23. The first kappa shape index (κ1) is 16.6. The number of fused-ring (bicyclic) bond motifs is 2. The van der Waals surface area contributed by atoms with Gasteiger partial charge < -0.3 is 14.8 Å². The van der Waals surface area contributed by atoms with Crippen LogP contribution in [0.15, 0.2) is 66.7 Å². The van der Waals surface area contributed by atoms with Crippen LogP contribution in [0.4, 0.5) is 10.1 Å². The maximum atomic E-state index is 13.6. The van der Waals surface area contributed by atoms with Gasteiger partial charge in [-0.1, -0.05) is 24.3 Å². The average molecular weight is 372 g/mol. The number of aromatic nitrogens is 1. The molecule has 0 fully saturated rings. The molecule has 0 saturated heterocycles. The van der Waals surface area contributed by atoms with E-state index in [1.807, 2.05) is 49.5 Å². The number of ether oxygens (including phenoxy) is 2. The van der Waals surface area contributed by atoms with Crippen LogP contribution in [-0.2, 0) is 0 Å². The molecule has 1 N–H and O–H groups in total. The SMILES string of the molecule is CNc1cc(-c2cccc(F)c2)nc2ccc(-c3ccc4c(c3)OCO4)cc12. The van der Waals surface area contributed by atoms with Crippen molar-refractivity contribution in [1.29, 1.82) is 0 Å². The molecule has 0 saturated carbocycles. The first-order valence-electron chi connectivity index (χ1n) is 9.00. The summed E-state index contributed by atoms with van der Waals surface area (Å²) in [6.45, 7) is 0.257. The second-order valence-corrected chi connectivity index (χ2v) is 6.62. The van der Waals surface area contributed by atoms with Crippen molar-refractivity contribution in [2.75, 3.05) is 19.2 Å². The number of rotatable bonds is 3. The van der Waals surface area contributed by atoms with E-state index in [1.165, 1.54) is 12.1 Å². The van der Waals surface area contributed by atoms with Crippen molar-refractivity contribution < 1.29 is 13.9 Å². The molecule has 0 aliphatic carbocycles. The van der Waals surface area contributed by atoms with Crippen LogP contribution in [0.25, 0.3) is 33.3 Å². The smallest absolute Gasteiger partial charge is 0.231 e. The summed E-state index contributed by atoms with van der Waals surface area (Å²) in [7, 11) is 1.87. The molecule has 28 heavy (non-hydrogen) atoms. The van der Waals surface area contributed by atoms with E-state index < -0.39 is 0 Å². The van der Waals surface area contributed by atoms with Crippen molar-refractivity contribution in [3.63, 3.8) is 0 Å². The standard InChI is InChI=1S/C23H17FN2O2/c1-25-21-12-20(16-3-2-4-17(24)9-16)26-19-7-5-14(10-18(19)21)15-6-8-22-23(11-15)28-13-27-22/h2-12H,13H2,1H3,(H,25,26). The van der Waals surface area contributed by atoms with Crippen LogP contribution < -0.4 is 14.8 Å². The molecule has 5 heteroatoms. The molecule has 0 atom stereocenters. The van der Waals surface area contributed by atoms with Crippen LogP contribution in [0.2, 0.25) is 0 Å². The normalized spacial score (nSPS) is 12.4. The number of anilines is 1. The zero-order valence-electron chi connectivity index (χ0n) is 15.2. The summed E-state index contributed by atoms with van der Waals surface area (Å²) in [5.41, 5.74) is 5.36. The van der Waals surface area contributed by atoms with Crippen LogP contribution in [0.5, 0.6) is 11.5 Å². The van der Waals surface area contributed by atoms with E-state index in [0.717, 1.165) is 50.5 Å². The lowest BCUT2D eigenvalue weighted by molar-refractivity contribution is 0.174. The third kappa shape index (κ3) is 2.81. The lowest BCUT2D eigenvalue weighted by Crippen LogP contribution is -1.95. The van der Waals surface area contributed by atoms with Crippen LogP contribution >= 0.6 is 0 Å². The fourth-order valence-electron chi connectivity index (χ4n) is 3.48. The Bertz CT molecular complexity index is 1210. The highest BCUT2D eigenvalue weighted by atomic mass is 19.1. The van der Waals surface area contributed by atoms with Crippen molar-refractivity contribution in [3.05, 3.63) is 72.5 Å². The molecule has 1 aromatic heterocycles. The highest BCUT2D eigenvalue weighted by Crippen LogP contribution is 2.37. The minimum atomic E-state index is -0.274. The van der Waals surface area contributed by atoms with Crippen LogP contribution in [0, 0.1) is 5.82 Å². The monoisotopic (exact) mass is 372 g/mol. The van der Waals surface area contributed by atoms with Gasteiger partial charge in [-0.2, -0.15) is 0 Å². The lowest BCUT2D eigenvalue weighted by Gasteiger charge is -2.12. The van der Waals surface area contributed by atoms with Gasteiger partial charge in [-0.25, -0.2) is 9.37 Å². The number of hydrogen-bond acceptors (Lipinski definition) is 4. The van der Waals surface area contributed by atoms with Gasteiger partial charge >= 0.3 is 0 Å². The summed E-state index contributed by atoms with van der Waals surface area (Å²) in [6.07, 6.45) is 0. The third-order valence-corrected chi connectivity index (χ3v) is 4.90. The number of nitrogens with one attached hydrogen (secondary N) is 1.